The third-order valence-electron chi connectivity index (χ3n) is 0. The molecule has 0 aliphatic rings. The van der Waals surface area contributed by atoms with E-state index in [0.717, 1.165) is 0 Å². The van der Waals surface area contributed by atoms with Gasteiger partial charge in [-0.3, -0.25) is 0 Å². The summed E-state index contributed by atoms with van der Waals surface area (Å²) < 4.78 is 0. The van der Waals surface area contributed by atoms with Gasteiger partial charge in [-0.25, -0.2) is 0 Å². The first-order valence-electron chi connectivity index (χ1n) is 0. The van der Waals surface area contributed by atoms with Crippen molar-refractivity contribution in [2.75, 3.05) is 0 Å². The molecule has 26 heavy (non-hydrogen) atoms. The average Bonchev–Trinajstić information content (AvgIpc) is 0. The molecule has 0 N–H and O–H groups in total. The van der Waals surface area contributed by atoms with Crippen molar-refractivity contribution in [2.24, 2.45) is 0 Å². The van der Waals surface area contributed by atoms with Crippen LogP contribution in [-0.4, -0.2) is 16.8 Å². The predicted molar refractivity (Wildman–Crippen MR) is 173 cm³/mol. The summed E-state index contributed by atoms with van der Waals surface area (Å²) in [5.41, 5.74) is 0. The second-order valence-corrected chi connectivity index (χ2v) is 0. The molecule has 0 atom stereocenters. The lowest BCUT2D eigenvalue weighted by atomic mass is 10.8. The zero-order valence-electron chi connectivity index (χ0n) is 1.15. The van der Waals surface area contributed by atoms with Gasteiger partial charge in [0.15, 0.2) is 0 Å². The lowest BCUT2D eigenvalue weighted by Gasteiger charge is -0.0786. The van der Waals surface area contributed by atoms with E-state index in [-0.39, 0.29) is 195 Å². The van der Waals surface area contributed by atoms with Gasteiger partial charge < -0.3 is 0 Å². The molecule has 0 aliphatic carbocycles. The second kappa shape index (κ2) is 868000. The number of hydrogen-bond donors (Lipinski definition) is 0. The molecule has 0 fully saturated rings. The predicted octanol–water partition coefficient (Wildman–Crippen LogP) is 14.5. The zero-order valence-corrected chi connectivity index (χ0v) is 1.15. The Hall–Kier alpha value is 0.130. The van der Waals surface area contributed by atoms with Crippen LogP contribution < -0.4 is 0 Å². The van der Waals surface area contributed by atoms with Gasteiger partial charge in [-0.2, -0.15) is 0 Å². The lowest BCUT2D eigenvalue weighted by Crippen LogP contribution is -0.382. The van der Waals surface area contributed by atoms with Crippen molar-refractivity contribution in [3.63, 3.8) is 0 Å². The molecule has 0 unspecified atom stereocenters. The maximum Gasteiger partial charge on any atom is 0 e. The Labute approximate surface area is 195 Å². The molecule has 0 spiro atoms. The molecule has 0 amide bonds. The average molecular weight is 407 g/mol. The van der Waals surface area contributed by atoms with Crippen LogP contribution in [0.4, 0.5) is 0 Å². The van der Waals surface area contributed by atoms with Crippen molar-refractivity contribution < 1.29 is 0 Å². The third-order valence-corrected chi connectivity index (χ3v) is 0. The van der Waals surface area contributed by atoms with E-state index in [0.29, 0.717) is 0 Å². The second-order valence-electron chi connectivity index (χ2n) is 0. The summed E-state index contributed by atoms with van der Waals surface area (Å²) in [6, 6.07) is 0. The van der Waals surface area contributed by atoms with Gasteiger partial charge in [-0.15, -0.1) is 0 Å². The van der Waals surface area contributed by atoms with E-state index < -0.39 is 0 Å². The molecule has 0 heterocycles. The highest BCUT2D eigenvalue weighted by Gasteiger charge is 0.00185. The Bertz CT molecular complexity index is 10.2. The lowest BCUT2D eigenvalue weighted by molar-refractivity contribution is 2.50. The van der Waals surface area contributed by atoms with Crippen LogP contribution in [0, 0.1) is 0 Å². The molecular weight excluding hydrogens is 310 g/mol. The van der Waals surface area contributed by atoms with Crippen molar-refractivity contribution in [1.82, 2.24) is 0 Å². The largest absolute Gasteiger partial charge is 0.0776 e. The summed E-state index contributed by atoms with van der Waals surface area (Å²) in [7, 11) is 0. The molecule has 0 bridgehead atoms. The minimum Gasteiger partial charge on any atom is -0.0776 e. The minimum atomic E-state index is 0. The van der Waals surface area contributed by atoms with Crippen molar-refractivity contribution in [3.05, 3.63) is 0 Å². The van der Waals surface area contributed by atoms with Crippen molar-refractivity contribution >= 4 is 16.8 Å². The van der Waals surface area contributed by atoms with E-state index in [9.17, 15) is 0 Å². The van der Waals surface area contributed by atoms with Crippen LogP contribution in [-0.2, 0) is 0 Å². The Morgan fingerprint density at radius 1 is 0.0769 bits per heavy atom. The van der Waals surface area contributed by atoms with E-state index in [4.69, 9.17) is 0 Å². The van der Waals surface area contributed by atoms with Crippen molar-refractivity contribution in [3.8, 4) is 0 Å². The van der Waals surface area contributed by atoms with E-state index in [1.165, 1.54) is 0 Å². The summed E-state index contributed by atoms with van der Waals surface area (Å²) in [5, 5.41) is 0. The molecule has 0 saturated heterocycles. The number of hydrogen-bond acceptors (Lipinski definition) is 0. The summed E-state index contributed by atoms with van der Waals surface area (Å²) >= 11 is 0. The van der Waals surface area contributed by atoms with Gasteiger partial charge in [-0.05, 0) is 0 Å². The highest BCUT2D eigenvalue weighted by atomic mass is 12.0. The van der Waals surface area contributed by atoms with Crippen LogP contribution in [0.25, 0.3) is 0 Å². The van der Waals surface area contributed by atoms with Gasteiger partial charge in [0.05, 0.1) is 0 Å². The quantitative estimate of drug-likeness (QED) is 0.351. The molecule has 0 rings (SSSR count). The Kier molecular flexibility index (Phi) is 32600000000. The standard InChI is InChI=1S/24CH4.2B/h24*1H4;;. The van der Waals surface area contributed by atoms with Gasteiger partial charge >= 0.3 is 0 Å². The molecule has 2 heteroatoms. The Morgan fingerprint density at radius 3 is 0.0769 bits per heavy atom. The molecule has 6 radical (unpaired) electrons. The van der Waals surface area contributed by atoms with Crippen LogP contribution in [0.15, 0.2) is 0 Å². The molecule has 0 aromatic heterocycles. The first-order valence-corrected chi connectivity index (χ1v) is 0. The fraction of sp³-hybridized carbons (Fsp3) is 1.00. The topological polar surface area (TPSA) is 0 Å². The van der Waals surface area contributed by atoms with Gasteiger partial charge in [0.1, 0.15) is 0 Å². The van der Waals surface area contributed by atoms with Crippen LogP contribution in [0.3, 0.4) is 0 Å². The van der Waals surface area contributed by atoms with Crippen LogP contribution in [0.2, 0.25) is 0 Å². The molecule has 0 saturated carbocycles. The monoisotopic (exact) mass is 407 g/mol. The smallest absolute Gasteiger partial charge is 0 e. The molecule has 0 aliphatic heterocycles. The first kappa shape index (κ1) is 978000. The maximum absolute atomic E-state index is 0. The van der Waals surface area contributed by atoms with E-state index >= 15 is 0 Å². The minimum absolute atomic E-state index is 0. The molecule has 0 aromatic rings. The normalized spacial score (nSPS) is 0. The van der Waals surface area contributed by atoms with E-state index in [2.05, 4.69) is 0 Å². The Balaban J connectivity index is 0. The summed E-state index contributed by atoms with van der Waals surface area (Å²) in [5.74, 6) is 0. The molecular formula is C24H96B2. The summed E-state index contributed by atoms with van der Waals surface area (Å²) in [4.78, 5) is 0. The van der Waals surface area contributed by atoms with Gasteiger partial charge in [0, 0.05) is 16.8 Å². The van der Waals surface area contributed by atoms with Crippen LogP contribution >= 0.6 is 0 Å². The third kappa shape index (κ3) is 765000. The fourth-order valence-electron chi connectivity index (χ4n) is 0. The molecule has 198 valence electrons. The van der Waals surface area contributed by atoms with Crippen LogP contribution in [0.1, 0.15) is 178 Å². The maximum atomic E-state index is 0. The zero-order chi connectivity index (χ0) is 0. The first-order chi connectivity index (χ1) is 0. The Morgan fingerprint density at radius 2 is 0.0769 bits per heavy atom. The van der Waals surface area contributed by atoms with Gasteiger partial charge in [-0.1, -0.05) is 178 Å². The molecule has 0 nitrogen and oxygen atoms in total. The van der Waals surface area contributed by atoms with Crippen LogP contribution in [0.5, 0.6) is 0 Å². The van der Waals surface area contributed by atoms with E-state index in [1.54, 1.807) is 0 Å². The SMILES string of the molecule is C.C.C.C.C.C.C.C.C.C.C.C.C.C.C.C.C.C.C.C.C.C.C.C.[B].[B]. The van der Waals surface area contributed by atoms with Gasteiger partial charge in [0.2, 0.25) is 0 Å². The summed E-state index contributed by atoms with van der Waals surface area (Å²) in [6.45, 7) is 0. The fourth-order valence-corrected chi connectivity index (χ4v) is 0. The van der Waals surface area contributed by atoms with E-state index in [1.807, 2.05) is 0 Å². The van der Waals surface area contributed by atoms with Gasteiger partial charge in [0.25, 0.3) is 0 Å². The number of rotatable bonds is 0. The highest BCUT2D eigenvalue weighted by Crippen LogP contribution is 0.167. The molecule has 0 aromatic carbocycles. The van der Waals surface area contributed by atoms with Crippen molar-refractivity contribution in [2.45, 2.75) is 178 Å². The van der Waals surface area contributed by atoms with Crippen molar-refractivity contribution in [1.29, 1.82) is 0 Å². The highest BCUT2D eigenvalue weighted by molar-refractivity contribution is 5.76. The summed E-state index contributed by atoms with van der Waals surface area (Å²) in [6.07, 6.45) is 0.